The molecule has 0 aromatic carbocycles. The van der Waals surface area contributed by atoms with Crippen LogP contribution in [0.15, 0.2) is 54.4 Å². The number of carboxylic acid groups (broad SMARTS) is 1. The fourth-order valence-electron chi connectivity index (χ4n) is 7.30. The Morgan fingerprint density at radius 2 is 1.80 bits per heavy atom. The molecule has 1 saturated heterocycles. The number of hydrogen-bond donors (Lipinski definition) is 3. The number of ether oxygens (including phenoxy) is 1. The second kappa shape index (κ2) is 16.7. The Morgan fingerprint density at radius 3 is 2.48 bits per heavy atom. The van der Waals surface area contributed by atoms with E-state index in [4.69, 9.17) is 4.74 Å². The lowest BCUT2D eigenvalue weighted by Gasteiger charge is -2.48. The van der Waals surface area contributed by atoms with Crippen LogP contribution in [0.5, 0.6) is 0 Å². The van der Waals surface area contributed by atoms with Crippen LogP contribution in [0.3, 0.4) is 0 Å². The molecule has 10 nitrogen and oxygen atoms in total. The van der Waals surface area contributed by atoms with Gasteiger partial charge >= 0.3 is 12.1 Å². The monoisotopic (exact) mass is 638 g/mol. The second-order valence-electron chi connectivity index (χ2n) is 13.8. The maximum absolute atomic E-state index is 12.9. The summed E-state index contributed by atoms with van der Waals surface area (Å²) in [6, 6.07) is 1.73. The van der Waals surface area contributed by atoms with E-state index in [1.54, 1.807) is 25.4 Å². The molecular weight excluding hydrogens is 584 g/mol. The standard InChI is InChI=1S/C36H54N4O6/c1-25(11-9-12-27(3)34-37-19-10-20-38-34)33-26(2)15-16-30(36(4,45)18-17-29(41)23-32(42)46-33)31-24-39(21-22-40(31)35(43)44)28-13-7-5-6-8-14-28/h9-12,15-16,19-20,26-31,33,41,45H,5-8,13-14,17-18,21-24H2,1-4H3,(H,43,44)/b12-9+,16-15+,25-11+/t26-,27-,29-,30-,31?,33+,36-/m0/s1. The molecule has 3 N–H and O–H groups in total. The molecule has 0 bridgehead atoms. The van der Waals surface area contributed by atoms with Crippen molar-refractivity contribution in [3.63, 3.8) is 0 Å². The van der Waals surface area contributed by atoms with Crippen molar-refractivity contribution in [1.29, 1.82) is 0 Å². The highest BCUT2D eigenvalue weighted by Gasteiger charge is 2.44. The highest BCUT2D eigenvalue weighted by molar-refractivity contribution is 5.70. The molecular formula is C36H54N4O6. The Hall–Kier alpha value is -3.08. The third kappa shape index (κ3) is 9.72. The lowest BCUT2D eigenvalue weighted by Crippen LogP contribution is -2.62. The fraction of sp³-hybridized carbons (Fsp3) is 0.667. The number of cyclic esters (lactones) is 1. The molecule has 46 heavy (non-hydrogen) atoms. The molecule has 1 amide bonds. The number of amides is 1. The molecule has 254 valence electrons. The van der Waals surface area contributed by atoms with Crippen molar-refractivity contribution in [2.75, 3.05) is 19.6 Å². The SMILES string of the molecule is C/C(=C\C=C\[C@H](C)c1ncccn1)[C@H]1OC(=O)C[C@@H](O)CC[C@](C)(O)[C@H](C2CN(C3CCCCCC3)CCN2C(=O)O)/C=C/[C@@H]1C. The first-order valence-electron chi connectivity index (χ1n) is 17.1. The molecule has 1 aliphatic carbocycles. The summed E-state index contributed by atoms with van der Waals surface area (Å²) in [7, 11) is 0. The summed E-state index contributed by atoms with van der Waals surface area (Å²) in [5.41, 5.74) is -0.494. The number of aromatic nitrogens is 2. The normalized spacial score (nSPS) is 33.0. The van der Waals surface area contributed by atoms with E-state index in [0.29, 0.717) is 31.5 Å². The van der Waals surface area contributed by atoms with Crippen LogP contribution in [0.25, 0.3) is 0 Å². The van der Waals surface area contributed by atoms with Crippen molar-refractivity contribution in [2.45, 2.75) is 121 Å². The fourth-order valence-corrected chi connectivity index (χ4v) is 7.30. The molecule has 1 unspecified atom stereocenters. The van der Waals surface area contributed by atoms with E-state index in [-0.39, 0.29) is 31.1 Å². The number of aliphatic hydroxyl groups is 2. The van der Waals surface area contributed by atoms with Gasteiger partial charge in [0.1, 0.15) is 11.9 Å². The zero-order valence-electron chi connectivity index (χ0n) is 28.0. The number of nitrogens with zero attached hydrogens (tertiary/aromatic N) is 4. The Bertz CT molecular complexity index is 1230. The number of hydrogen-bond acceptors (Lipinski definition) is 8. The van der Waals surface area contributed by atoms with Crippen LogP contribution in [0.1, 0.15) is 97.2 Å². The predicted octanol–water partition coefficient (Wildman–Crippen LogP) is 5.49. The van der Waals surface area contributed by atoms with Crippen molar-refractivity contribution < 1.29 is 29.6 Å². The zero-order valence-corrected chi connectivity index (χ0v) is 28.0. The van der Waals surface area contributed by atoms with Crippen LogP contribution in [0, 0.1) is 11.8 Å². The molecule has 1 aromatic rings. The summed E-state index contributed by atoms with van der Waals surface area (Å²) in [4.78, 5) is 38.0. The van der Waals surface area contributed by atoms with Crippen molar-refractivity contribution in [2.24, 2.45) is 11.8 Å². The van der Waals surface area contributed by atoms with Gasteiger partial charge in [-0.05, 0) is 51.2 Å². The van der Waals surface area contributed by atoms with Gasteiger partial charge in [-0.2, -0.15) is 0 Å². The minimum Gasteiger partial charge on any atom is -0.465 e. The Labute approximate surface area is 274 Å². The quantitative estimate of drug-likeness (QED) is 0.160. The number of piperazine rings is 1. The number of carbonyl (C=O) groups is 2. The summed E-state index contributed by atoms with van der Waals surface area (Å²) in [6.07, 6.45) is 17.9. The summed E-state index contributed by atoms with van der Waals surface area (Å²) in [5.74, 6) is -0.608. The molecule has 0 spiro atoms. The van der Waals surface area contributed by atoms with Gasteiger partial charge in [-0.25, -0.2) is 14.8 Å². The molecule has 7 atom stereocenters. The number of allylic oxidation sites excluding steroid dienone is 3. The van der Waals surface area contributed by atoms with Gasteiger partial charge in [0.05, 0.1) is 24.2 Å². The summed E-state index contributed by atoms with van der Waals surface area (Å²) >= 11 is 0. The van der Waals surface area contributed by atoms with Crippen LogP contribution >= 0.6 is 0 Å². The summed E-state index contributed by atoms with van der Waals surface area (Å²) < 4.78 is 5.96. The van der Waals surface area contributed by atoms with Gasteiger partial charge in [-0.3, -0.25) is 9.69 Å². The zero-order chi connectivity index (χ0) is 33.3. The van der Waals surface area contributed by atoms with Gasteiger partial charge in [0, 0.05) is 55.8 Å². The summed E-state index contributed by atoms with van der Waals surface area (Å²) in [6.45, 7) is 9.22. The third-order valence-electron chi connectivity index (χ3n) is 10.1. The molecule has 1 saturated carbocycles. The van der Waals surface area contributed by atoms with E-state index >= 15 is 0 Å². The van der Waals surface area contributed by atoms with Gasteiger partial charge < -0.3 is 25.0 Å². The van der Waals surface area contributed by atoms with Gasteiger partial charge in [0.15, 0.2) is 0 Å². The van der Waals surface area contributed by atoms with Crippen molar-refractivity contribution >= 4 is 12.1 Å². The maximum Gasteiger partial charge on any atom is 0.407 e. The molecule has 1 aromatic heterocycles. The van der Waals surface area contributed by atoms with Gasteiger partial charge in [0.25, 0.3) is 0 Å². The third-order valence-corrected chi connectivity index (χ3v) is 10.1. The number of aliphatic hydroxyl groups excluding tert-OH is 1. The van der Waals surface area contributed by atoms with E-state index in [0.717, 1.165) is 18.4 Å². The topological polar surface area (TPSA) is 136 Å². The van der Waals surface area contributed by atoms with Crippen LogP contribution < -0.4 is 0 Å². The Morgan fingerprint density at radius 1 is 1.11 bits per heavy atom. The Kier molecular flexibility index (Phi) is 13.0. The highest BCUT2D eigenvalue weighted by atomic mass is 16.5. The number of rotatable bonds is 6. The predicted molar refractivity (Wildman–Crippen MR) is 177 cm³/mol. The van der Waals surface area contributed by atoms with Crippen LogP contribution in [-0.4, -0.2) is 96.7 Å². The first-order valence-corrected chi connectivity index (χ1v) is 17.1. The number of esters is 1. The molecule has 4 rings (SSSR count). The van der Waals surface area contributed by atoms with Crippen LogP contribution in [0.2, 0.25) is 0 Å². The minimum absolute atomic E-state index is 0.00945. The molecule has 3 heterocycles. The van der Waals surface area contributed by atoms with E-state index in [1.165, 1.54) is 30.6 Å². The molecule has 2 fully saturated rings. The minimum atomic E-state index is -1.32. The van der Waals surface area contributed by atoms with Crippen molar-refractivity contribution in [3.05, 3.63) is 60.2 Å². The average Bonchev–Trinajstić information content (AvgIpc) is 3.32. The average molecular weight is 639 g/mol. The molecule has 3 aliphatic rings. The second-order valence-corrected chi connectivity index (χ2v) is 13.8. The lowest BCUT2D eigenvalue weighted by molar-refractivity contribution is -0.151. The van der Waals surface area contributed by atoms with E-state index < -0.39 is 41.8 Å². The van der Waals surface area contributed by atoms with Crippen molar-refractivity contribution in [3.8, 4) is 0 Å². The maximum atomic E-state index is 12.9. The molecule has 0 radical (unpaired) electrons. The number of carbonyl (C=O) groups excluding carboxylic acids is 1. The molecule has 2 aliphatic heterocycles. The van der Waals surface area contributed by atoms with E-state index in [1.807, 2.05) is 51.2 Å². The van der Waals surface area contributed by atoms with E-state index in [9.17, 15) is 24.9 Å². The summed E-state index contributed by atoms with van der Waals surface area (Å²) in [5, 5.41) is 33.0. The lowest BCUT2D eigenvalue weighted by atomic mass is 9.77. The van der Waals surface area contributed by atoms with E-state index in [2.05, 4.69) is 14.9 Å². The first-order chi connectivity index (χ1) is 22.0. The van der Waals surface area contributed by atoms with Gasteiger partial charge in [-0.15, -0.1) is 0 Å². The smallest absolute Gasteiger partial charge is 0.407 e. The van der Waals surface area contributed by atoms with Crippen LogP contribution in [0.4, 0.5) is 4.79 Å². The van der Waals surface area contributed by atoms with Crippen molar-refractivity contribution in [1.82, 2.24) is 19.8 Å². The first kappa shape index (κ1) is 35.8. The molecule has 10 heteroatoms. The van der Waals surface area contributed by atoms with Gasteiger partial charge in [0.2, 0.25) is 0 Å². The largest absolute Gasteiger partial charge is 0.465 e. The van der Waals surface area contributed by atoms with Gasteiger partial charge in [-0.1, -0.05) is 69.9 Å². The van der Waals surface area contributed by atoms with Crippen LogP contribution in [-0.2, 0) is 9.53 Å². The Balaban J connectivity index is 1.63. The highest BCUT2D eigenvalue weighted by Crippen LogP contribution is 2.35.